The van der Waals surface area contributed by atoms with Crippen LogP contribution in [0.25, 0.3) is 0 Å². The van der Waals surface area contributed by atoms with Crippen LogP contribution < -0.4 is 5.32 Å². The third kappa shape index (κ3) is 4.94. The monoisotopic (exact) mass is 241 g/mol. The molecule has 0 aromatic carbocycles. The fourth-order valence-corrected chi connectivity index (χ4v) is 3.06. The Morgan fingerprint density at radius 3 is 2.71 bits per heavy atom. The zero-order valence-electron chi connectivity index (χ0n) is 10.9. The van der Waals surface area contributed by atoms with Gasteiger partial charge in [-0.15, -0.1) is 0 Å². The maximum Gasteiger partial charge on any atom is 0.0697 e. The van der Waals surface area contributed by atoms with Gasteiger partial charge in [0.05, 0.1) is 13.2 Å². The molecular formula is C14H27NO2. The van der Waals surface area contributed by atoms with E-state index >= 15 is 0 Å². The van der Waals surface area contributed by atoms with Crippen LogP contribution in [0.1, 0.15) is 44.9 Å². The Kier molecular flexibility index (Phi) is 5.75. The van der Waals surface area contributed by atoms with Gasteiger partial charge in [-0.05, 0) is 50.5 Å². The van der Waals surface area contributed by atoms with Gasteiger partial charge in [0.15, 0.2) is 0 Å². The Balaban J connectivity index is 1.49. The molecule has 2 atom stereocenters. The molecule has 0 aromatic heterocycles. The molecule has 0 amide bonds. The molecule has 2 saturated carbocycles. The molecule has 0 bridgehead atoms. The Morgan fingerprint density at radius 1 is 1.06 bits per heavy atom. The molecule has 3 heteroatoms. The molecule has 2 N–H and O–H groups in total. The van der Waals surface area contributed by atoms with E-state index < -0.39 is 0 Å². The molecule has 2 unspecified atom stereocenters. The molecule has 3 nitrogen and oxygen atoms in total. The van der Waals surface area contributed by atoms with Crippen LogP contribution in [-0.2, 0) is 4.74 Å². The van der Waals surface area contributed by atoms with Crippen molar-refractivity contribution in [3.8, 4) is 0 Å². The number of aliphatic hydroxyl groups is 1. The first-order valence-electron chi connectivity index (χ1n) is 7.32. The number of aliphatic hydroxyl groups excluding tert-OH is 1. The SMILES string of the molecule is OCCOCCCNC1CCCC(C2CC2)C1. The van der Waals surface area contributed by atoms with E-state index in [-0.39, 0.29) is 6.61 Å². The normalized spacial score (nSPS) is 29.5. The van der Waals surface area contributed by atoms with Gasteiger partial charge in [-0.3, -0.25) is 0 Å². The number of rotatable bonds is 8. The summed E-state index contributed by atoms with van der Waals surface area (Å²) in [6, 6.07) is 0.757. The predicted molar refractivity (Wildman–Crippen MR) is 69.0 cm³/mol. The smallest absolute Gasteiger partial charge is 0.0697 e. The van der Waals surface area contributed by atoms with E-state index in [9.17, 15) is 0 Å². The quantitative estimate of drug-likeness (QED) is 0.638. The van der Waals surface area contributed by atoms with Crippen LogP contribution in [0.3, 0.4) is 0 Å². The molecule has 2 fully saturated rings. The van der Waals surface area contributed by atoms with Gasteiger partial charge in [0.2, 0.25) is 0 Å². The molecule has 0 aromatic rings. The Labute approximate surface area is 105 Å². The molecule has 0 saturated heterocycles. The van der Waals surface area contributed by atoms with Crippen LogP contribution >= 0.6 is 0 Å². The first-order chi connectivity index (χ1) is 8.40. The molecular weight excluding hydrogens is 214 g/mol. The Hall–Kier alpha value is -0.120. The van der Waals surface area contributed by atoms with Crippen molar-refractivity contribution >= 4 is 0 Å². The largest absolute Gasteiger partial charge is 0.394 e. The zero-order chi connectivity index (χ0) is 11.9. The summed E-state index contributed by atoms with van der Waals surface area (Å²) in [5, 5.41) is 12.2. The van der Waals surface area contributed by atoms with Crippen LogP contribution in [0.15, 0.2) is 0 Å². The molecule has 0 spiro atoms. The highest BCUT2D eigenvalue weighted by Gasteiger charge is 2.34. The molecule has 17 heavy (non-hydrogen) atoms. The average molecular weight is 241 g/mol. The molecule has 100 valence electrons. The summed E-state index contributed by atoms with van der Waals surface area (Å²) in [5.41, 5.74) is 0. The van der Waals surface area contributed by atoms with E-state index in [1.807, 2.05) is 0 Å². The van der Waals surface area contributed by atoms with Gasteiger partial charge >= 0.3 is 0 Å². The van der Waals surface area contributed by atoms with Crippen molar-refractivity contribution in [3.05, 3.63) is 0 Å². The van der Waals surface area contributed by atoms with Crippen LogP contribution in [0.2, 0.25) is 0 Å². The van der Waals surface area contributed by atoms with Crippen LogP contribution in [0, 0.1) is 11.8 Å². The minimum atomic E-state index is 0.138. The van der Waals surface area contributed by atoms with Crippen LogP contribution in [-0.4, -0.2) is 37.5 Å². The molecule has 0 aliphatic heterocycles. The summed E-state index contributed by atoms with van der Waals surface area (Å²) in [4.78, 5) is 0. The lowest BCUT2D eigenvalue weighted by molar-refractivity contribution is 0.0899. The summed E-state index contributed by atoms with van der Waals surface area (Å²) >= 11 is 0. The summed E-state index contributed by atoms with van der Waals surface area (Å²) in [5.74, 6) is 2.10. The number of nitrogens with one attached hydrogen (secondary N) is 1. The van der Waals surface area contributed by atoms with Gasteiger partial charge in [-0.1, -0.05) is 12.8 Å². The second-order valence-electron chi connectivity index (χ2n) is 5.60. The van der Waals surface area contributed by atoms with Crippen molar-refractivity contribution in [1.29, 1.82) is 0 Å². The minimum absolute atomic E-state index is 0.138. The number of hydrogen-bond acceptors (Lipinski definition) is 3. The number of ether oxygens (including phenoxy) is 1. The van der Waals surface area contributed by atoms with Crippen molar-refractivity contribution in [2.75, 3.05) is 26.4 Å². The van der Waals surface area contributed by atoms with Crippen molar-refractivity contribution in [2.24, 2.45) is 11.8 Å². The Morgan fingerprint density at radius 2 is 1.94 bits per heavy atom. The van der Waals surface area contributed by atoms with E-state index in [0.29, 0.717) is 6.61 Å². The lowest BCUT2D eigenvalue weighted by atomic mass is 9.83. The highest BCUT2D eigenvalue weighted by molar-refractivity contribution is 4.87. The fraction of sp³-hybridized carbons (Fsp3) is 1.00. The second-order valence-corrected chi connectivity index (χ2v) is 5.60. The topological polar surface area (TPSA) is 41.5 Å². The van der Waals surface area contributed by atoms with Gasteiger partial charge in [0.25, 0.3) is 0 Å². The Bertz CT molecular complexity index is 206. The summed E-state index contributed by atoms with van der Waals surface area (Å²) in [6.45, 7) is 2.45. The summed E-state index contributed by atoms with van der Waals surface area (Å²) in [7, 11) is 0. The molecule has 0 radical (unpaired) electrons. The minimum Gasteiger partial charge on any atom is -0.394 e. The van der Waals surface area contributed by atoms with Crippen LogP contribution in [0.5, 0.6) is 0 Å². The maximum atomic E-state index is 8.57. The van der Waals surface area contributed by atoms with Crippen molar-refractivity contribution in [3.63, 3.8) is 0 Å². The highest BCUT2D eigenvalue weighted by Crippen LogP contribution is 2.43. The van der Waals surface area contributed by atoms with Gasteiger partial charge in [-0.2, -0.15) is 0 Å². The molecule has 0 heterocycles. The van der Waals surface area contributed by atoms with Crippen LogP contribution in [0.4, 0.5) is 0 Å². The lowest BCUT2D eigenvalue weighted by Crippen LogP contribution is -2.35. The standard InChI is InChI=1S/C14H27NO2/c16-8-10-17-9-2-7-15-14-4-1-3-13(11-14)12-5-6-12/h12-16H,1-11H2. The molecule has 2 rings (SSSR count). The third-order valence-electron chi connectivity index (χ3n) is 4.14. The third-order valence-corrected chi connectivity index (χ3v) is 4.14. The van der Waals surface area contributed by atoms with Gasteiger partial charge in [-0.25, -0.2) is 0 Å². The van der Waals surface area contributed by atoms with E-state index in [1.54, 1.807) is 0 Å². The first kappa shape index (κ1) is 13.3. The van der Waals surface area contributed by atoms with E-state index in [1.165, 1.54) is 38.5 Å². The molecule has 2 aliphatic carbocycles. The van der Waals surface area contributed by atoms with Gasteiger partial charge in [0, 0.05) is 12.6 Å². The fourth-order valence-electron chi connectivity index (χ4n) is 3.06. The number of hydrogen-bond donors (Lipinski definition) is 2. The van der Waals surface area contributed by atoms with E-state index in [4.69, 9.17) is 9.84 Å². The zero-order valence-corrected chi connectivity index (χ0v) is 10.9. The van der Waals surface area contributed by atoms with Crippen molar-refractivity contribution in [2.45, 2.75) is 51.0 Å². The lowest BCUT2D eigenvalue weighted by Gasteiger charge is -2.30. The highest BCUT2D eigenvalue weighted by atomic mass is 16.5. The first-order valence-corrected chi connectivity index (χ1v) is 7.32. The van der Waals surface area contributed by atoms with E-state index in [2.05, 4.69) is 5.32 Å². The van der Waals surface area contributed by atoms with E-state index in [0.717, 1.165) is 37.5 Å². The summed E-state index contributed by atoms with van der Waals surface area (Å²) < 4.78 is 5.25. The van der Waals surface area contributed by atoms with Gasteiger partial charge in [0.1, 0.15) is 0 Å². The van der Waals surface area contributed by atoms with Crippen molar-refractivity contribution in [1.82, 2.24) is 5.32 Å². The molecule has 2 aliphatic rings. The maximum absolute atomic E-state index is 8.57. The van der Waals surface area contributed by atoms with Crippen molar-refractivity contribution < 1.29 is 9.84 Å². The second kappa shape index (κ2) is 7.34. The van der Waals surface area contributed by atoms with Gasteiger partial charge < -0.3 is 15.2 Å². The average Bonchev–Trinajstić information content (AvgIpc) is 3.18. The predicted octanol–water partition coefficient (Wildman–Crippen LogP) is 1.94. The summed E-state index contributed by atoms with van der Waals surface area (Å²) in [6.07, 6.45) is 9.70.